The maximum atomic E-state index is 13.5. The molecule has 2 atom stereocenters. The molecule has 0 bridgehead atoms. The van der Waals surface area contributed by atoms with Gasteiger partial charge in [-0.15, -0.1) is 0 Å². The Morgan fingerprint density at radius 2 is 2.26 bits per heavy atom. The summed E-state index contributed by atoms with van der Waals surface area (Å²) in [5.41, 5.74) is 0. The number of likely N-dealkylation sites (tertiary alicyclic amines) is 1. The van der Waals surface area contributed by atoms with E-state index < -0.39 is 20.9 Å². The lowest BCUT2D eigenvalue weighted by Gasteiger charge is -2.35. The summed E-state index contributed by atoms with van der Waals surface area (Å²) in [4.78, 5) is 5.79. The van der Waals surface area contributed by atoms with Crippen LogP contribution in [0.15, 0.2) is 23.4 Å². The van der Waals surface area contributed by atoms with Gasteiger partial charge in [-0.05, 0) is 45.5 Å². The first-order valence-electron chi connectivity index (χ1n) is 6.23. The minimum absolute atomic E-state index is 0.169. The van der Waals surface area contributed by atoms with Gasteiger partial charge in [-0.25, -0.2) is 22.5 Å². The quantitative estimate of drug-likeness (QED) is 0.900. The number of halogens is 1. The number of pyridine rings is 1. The average molecular weight is 287 g/mol. The Balaban J connectivity index is 2.12. The third-order valence-electron chi connectivity index (χ3n) is 3.51. The molecule has 1 aliphatic rings. The van der Waals surface area contributed by atoms with Crippen molar-refractivity contribution in [3.63, 3.8) is 0 Å². The first-order valence-corrected chi connectivity index (χ1v) is 7.71. The highest BCUT2D eigenvalue weighted by molar-refractivity contribution is 7.89. The molecule has 1 aliphatic heterocycles. The highest BCUT2D eigenvalue weighted by atomic mass is 32.2. The Kier molecular flexibility index (Phi) is 4.17. The van der Waals surface area contributed by atoms with E-state index in [4.69, 9.17) is 0 Å². The smallest absolute Gasteiger partial charge is 0.261 e. The summed E-state index contributed by atoms with van der Waals surface area (Å²) < 4.78 is 40.2. The molecular weight excluding hydrogens is 269 g/mol. The summed E-state index contributed by atoms with van der Waals surface area (Å²) in [5.74, 6) is -0.823. The van der Waals surface area contributed by atoms with Crippen LogP contribution in [0.5, 0.6) is 0 Å². The van der Waals surface area contributed by atoms with Gasteiger partial charge in [0.25, 0.3) is 10.0 Å². The third-order valence-corrected chi connectivity index (χ3v) is 4.96. The molecule has 106 valence electrons. The van der Waals surface area contributed by atoms with E-state index in [1.54, 1.807) is 0 Å². The summed E-state index contributed by atoms with van der Waals surface area (Å²) in [6, 6.07) is 2.60. The Morgan fingerprint density at radius 1 is 1.53 bits per heavy atom. The van der Waals surface area contributed by atoms with Crippen LogP contribution in [0.2, 0.25) is 0 Å². The van der Waals surface area contributed by atoms with Gasteiger partial charge >= 0.3 is 0 Å². The normalized spacial score (nSPS) is 25.4. The van der Waals surface area contributed by atoms with E-state index in [0.717, 1.165) is 12.6 Å². The molecule has 0 aliphatic carbocycles. The molecule has 5 nitrogen and oxygen atoms in total. The van der Waals surface area contributed by atoms with Crippen molar-refractivity contribution in [2.24, 2.45) is 0 Å². The Morgan fingerprint density at radius 3 is 2.89 bits per heavy atom. The van der Waals surface area contributed by atoms with Crippen molar-refractivity contribution in [2.45, 2.75) is 36.9 Å². The van der Waals surface area contributed by atoms with E-state index in [-0.39, 0.29) is 6.04 Å². The van der Waals surface area contributed by atoms with Gasteiger partial charge in [0, 0.05) is 18.3 Å². The lowest BCUT2D eigenvalue weighted by atomic mass is 10.0. The van der Waals surface area contributed by atoms with Gasteiger partial charge in [-0.2, -0.15) is 0 Å². The minimum atomic E-state index is -3.89. The summed E-state index contributed by atoms with van der Waals surface area (Å²) in [7, 11) is -1.88. The molecule has 2 unspecified atom stereocenters. The van der Waals surface area contributed by atoms with Crippen molar-refractivity contribution in [1.82, 2.24) is 14.6 Å². The molecule has 0 radical (unpaired) electrons. The van der Waals surface area contributed by atoms with Gasteiger partial charge in [0.1, 0.15) is 0 Å². The van der Waals surface area contributed by atoms with Crippen LogP contribution in [0.1, 0.15) is 19.8 Å². The number of nitrogens with one attached hydrogen (secondary N) is 1. The second-order valence-electron chi connectivity index (χ2n) is 4.96. The van der Waals surface area contributed by atoms with Crippen molar-refractivity contribution in [3.05, 3.63) is 24.1 Å². The zero-order valence-corrected chi connectivity index (χ0v) is 11.8. The second kappa shape index (κ2) is 5.52. The monoisotopic (exact) mass is 287 g/mol. The molecule has 0 aromatic carbocycles. The van der Waals surface area contributed by atoms with Crippen LogP contribution in [0.3, 0.4) is 0 Å². The maximum absolute atomic E-state index is 13.5. The highest BCUT2D eigenvalue weighted by Gasteiger charge is 2.29. The van der Waals surface area contributed by atoms with Gasteiger partial charge in [0.15, 0.2) is 5.82 Å². The molecule has 1 aromatic heterocycles. The molecule has 1 saturated heterocycles. The van der Waals surface area contributed by atoms with E-state index in [1.807, 2.05) is 14.0 Å². The molecule has 2 rings (SSSR count). The third kappa shape index (κ3) is 3.29. The van der Waals surface area contributed by atoms with Crippen LogP contribution < -0.4 is 4.72 Å². The van der Waals surface area contributed by atoms with Crippen molar-refractivity contribution >= 4 is 10.0 Å². The molecule has 1 fully saturated rings. The molecule has 0 spiro atoms. The van der Waals surface area contributed by atoms with Gasteiger partial charge < -0.3 is 4.90 Å². The number of hydrogen-bond donors (Lipinski definition) is 1. The van der Waals surface area contributed by atoms with E-state index in [0.29, 0.717) is 18.9 Å². The zero-order chi connectivity index (χ0) is 14.0. The molecule has 0 saturated carbocycles. The van der Waals surface area contributed by atoms with Crippen LogP contribution in [0, 0.1) is 5.82 Å². The Hall–Kier alpha value is -1.05. The molecule has 2 heterocycles. The van der Waals surface area contributed by atoms with Crippen molar-refractivity contribution < 1.29 is 12.8 Å². The summed E-state index contributed by atoms with van der Waals surface area (Å²) in [5, 5.41) is -0.526. The van der Waals surface area contributed by atoms with Crippen molar-refractivity contribution in [3.8, 4) is 0 Å². The molecule has 1 N–H and O–H groups in total. The highest BCUT2D eigenvalue weighted by Crippen LogP contribution is 2.18. The standard InChI is InChI=1S/C12H18FN3O2S/c1-9-8-10(5-7-16(9)2)15-19(17,18)12-11(13)4-3-6-14-12/h3-4,6,9-10,15H,5,7-8H2,1-2H3. The van der Waals surface area contributed by atoms with Crippen LogP contribution in [-0.2, 0) is 10.0 Å². The molecule has 0 amide bonds. The number of rotatable bonds is 3. The van der Waals surface area contributed by atoms with Gasteiger partial charge in [0.2, 0.25) is 5.03 Å². The van der Waals surface area contributed by atoms with Gasteiger partial charge in [-0.1, -0.05) is 0 Å². The average Bonchev–Trinajstić information content (AvgIpc) is 2.34. The maximum Gasteiger partial charge on any atom is 0.261 e. The SMILES string of the molecule is CC1CC(NS(=O)(=O)c2ncccc2F)CCN1C. The predicted molar refractivity (Wildman–Crippen MR) is 69.6 cm³/mol. The molecule has 7 heteroatoms. The Labute approximate surface area is 112 Å². The van der Waals surface area contributed by atoms with E-state index in [9.17, 15) is 12.8 Å². The molecular formula is C12H18FN3O2S. The molecule has 19 heavy (non-hydrogen) atoms. The fraction of sp³-hybridized carbons (Fsp3) is 0.583. The lowest BCUT2D eigenvalue weighted by Crippen LogP contribution is -2.47. The van der Waals surface area contributed by atoms with E-state index in [1.165, 1.54) is 12.3 Å². The fourth-order valence-corrected chi connectivity index (χ4v) is 3.53. The number of piperidine rings is 1. The van der Waals surface area contributed by atoms with E-state index in [2.05, 4.69) is 14.6 Å². The number of nitrogens with zero attached hydrogens (tertiary/aromatic N) is 2. The number of sulfonamides is 1. The largest absolute Gasteiger partial charge is 0.304 e. The summed E-state index contributed by atoms with van der Waals surface area (Å²) in [6.45, 7) is 2.86. The van der Waals surface area contributed by atoms with Crippen LogP contribution in [0.25, 0.3) is 0 Å². The van der Waals surface area contributed by atoms with Crippen LogP contribution in [0.4, 0.5) is 4.39 Å². The zero-order valence-electron chi connectivity index (χ0n) is 11.0. The van der Waals surface area contributed by atoms with Crippen molar-refractivity contribution in [2.75, 3.05) is 13.6 Å². The van der Waals surface area contributed by atoms with Gasteiger partial charge in [0.05, 0.1) is 0 Å². The van der Waals surface area contributed by atoms with Crippen molar-refractivity contribution in [1.29, 1.82) is 0 Å². The summed E-state index contributed by atoms with van der Waals surface area (Å²) in [6.07, 6.45) is 2.70. The van der Waals surface area contributed by atoms with Crippen LogP contribution >= 0.6 is 0 Å². The first-order chi connectivity index (χ1) is 8.90. The number of hydrogen-bond acceptors (Lipinski definition) is 4. The van der Waals surface area contributed by atoms with Crippen LogP contribution in [-0.4, -0.2) is 44.0 Å². The second-order valence-corrected chi connectivity index (χ2v) is 6.59. The minimum Gasteiger partial charge on any atom is -0.304 e. The number of aromatic nitrogens is 1. The summed E-state index contributed by atoms with van der Waals surface area (Å²) >= 11 is 0. The first kappa shape index (κ1) is 14.4. The Bertz CT molecular complexity index is 550. The molecule has 1 aromatic rings. The fourth-order valence-electron chi connectivity index (χ4n) is 2.24. The van der Waals surface area contributed by atoms with Gasteiger partial charge in [-0.3, -0.25) is 0 Å². The topological polar surface area (TPSA) is 62.3 Å². The lowest BCUT2D eigenvalue weighted by molar-refractivity contribution is 0.178. The van der Waals surface area contributed by atoms with E-state index >= 15 is 0 Å². The predicted octanol–water partition coefficient (Wildman–Crippen LogP) is 0.982.